The standard InChI is InChI=1S/C20H25NO2S/c1-20(2,24-14-15-10-12-23-13-11-15)19(22)21-18-9-5-7-16-6-3-4-8-17(16)18/h3-9,15H,10-14H2,1-2H3,(H,21,22)/p+1. The maximum Gasteiger partial charge on any atom is 0.279 e. The van der Waals surface area contributed by atoms with Crippen LogP contribution >= 0.6 is 0 Å². The van der Waals surface area contributed by atoms with Gasteiger partial charge in [-0.25, -0.2) is 0 Å². The molecule has 2 aromatic rings. The van der Waals surface area contributed by atoms with Gasteiger partial charge >= 0.3 is 0 Å². The SMILES string of the molecule is CC(C)([SH+]CC1CCOCC1)C(=O)Nc1cccc2ccccc12. The quantitative estimate of drug-likeness (QED) is 0.662. The molecule has 4 heteroatoms. The summed E-state index contributed by atoms with van der Waals surface area (Å²) in [6.07, 6.45) is 2.24. The van der Waals surface area contributed by atoms with Gasteiger partial charge < -0.3 is 10.1 Å². The minimum Gasteiger partial charge on any atom is -0.381 e. The monoisotopic (exact) mass is 344 g/mol. The van der Waals surface area contributed by atoms with Gasteiger partial charge in [-0.05, 0) is 49.9 Å². The van der Waals surface area contributed by atoms with Gasteiger partial charge in [0, 0.05) is 30.2 Å². The molecule has 0 spiro atoms. The van der Waals surface area contributed by atoms with Crippen molar-refractivity contribution in [2.75, 3.05) is 24.3 Å². The van der Waals surface area contributed by atoms with Crippen LogP contribution in [-0.4, -0.2) is 29.6 Å². The smallest absolute Gasteiger partial charge is 0.279 e. The van der Waals surface area contributed by atoms with E-state index >= 15 is 0 Å². The number of hydrogen-bond acceptors (Lipinski definition) is 2. The van der Waals surface area contributed by atoms with E-state index in [4.69, 9.17) is 4.74 Å². The molecule has 1 amide bonds. The Hall–Kier alpha value is -1.52. The van der Waals surface area contributed by atoms with Gasteiger partial charge in [-0.3, -0.25) is 4.79 Å². The third-order valence-electron chi connectivity index (χ3n) is 4.68. The highest BCUT2D eigenvalue weighted by Crippen LogP contribution is 2.25. The summed E-state index contributed by atoms with van der Waals surface area (Å²) in [6, 6.07) is 14.2. The van der Waals surface area contributed by atoms with Crippen LogP contribution in [0.4, 0.5) is 5.69 Å². The maximum atomic E-state index is 12.8. The van der Waals surface area contributed by atoms with Crippen LogP contribution in [-0.2, 0) is 21.3 Å². The van der Waals surface area contributed by atoms with E-state index in [0.717, 1.165) is 48.3 Å². The molecule has 2 aromatic carbocycles. The molecule has 1 saturated heterocycles. The second-order valence-corrected chi connectivity index (χ2v) is 8.74. The Labute approximate surface area is 148 Å². The van der Waals surface area contributed by atoms with Crippen molar-refractivity contribution in [3.05, 3.63) is 42.5 Å². The second kappa shape index (κ2) is 7.58. The van der Waals surface area contributed by atoms with E-state index in [-0.39, 0.29) is 5.91 Å². The molecule has 1 heterocycles. The number of rotatable bonds is 5. The van der Waals surface area contributed by atoms with Crippen LogP contribution in [0.25, 0.3) is 10.8 Å². The molecule has 128 valence electrons. The molecular weight excluding hydrogens is 318 g/mol. The van der Waals surface area contributed by atoms with Crippen LogP contribution in [0.3, 0.4) is 0 Å². The Morgan fingerprint density at radius 2 is 1.88 bits per heavy atom. The second-order valence-electron chi connectivity index (χ2n) is 6.94. The van der Waals surface area contributed by atoms with Gasteiger partial charge in [0.15, 0.2) is 4.75 Å². The van der Waals surface area contributed by atoms with Gasteiger partial charge in [0.2, 0.25) is 0 Å². The van der Waals surface area contributed by atoms with Crippen molar-refractivity contribution in [1.29, 1.82) is 0 Å². The predicted octanol–water partition coefficient (Wildman–Crippen LogP) is 3.80. The average Bonchev–Trinajstić information content (AvgIpc) is 2.61. The summed E-state index contributed by atoms with van der Waals surface area (Å²) in [7, 11) is 0. The minimum absolute atomic E-state index is 0.0904. The zero-order valence-corrected chi connectivity index (χ0v) is 15.3. The highest BCUT2D eigenvalue weighted by atomic mass is 32.2. The maximum absolute atomic E-state index is 12.8. The Bertz CT molecular complexity index is 702. The molecule has 1 N–H and O–H groups in total. The molecule has 1 fully saturated rings. The van der Waals surface area contributed by atoms with Gasteiger partial charge in [-0.1, -0.05) is 36.4 Å². The highest BCUT2D eigenvalue weighted by molar-refractivity contribution is 7.80. The average molecular weight is 344 g/mol. The van der Waals surface area contributed by atoms with E-state index in [1.54, 1.807) is 0 Å². The molecule has 0 radical (unpaired) electrons. The fourth-order valence-electron chi connectivity index (χ4n) is 2.97. The number of hydrogen-bond donors (Lipinski definition) is 1. The zero-order chi connectivity index (χ0) is 17.0. The molecule has 1 aliphatic rings. The molecule has 0 saturated carbocycles. The summed E-state index contributed by atoms with van der Waals surface area (Å²) in [6.45, 7) is 5.80. The summed E-state index contributed by atoms with van der Waals surface area (Å²) in [5.41, 5.74) is 0.896. The summed E-state index contributed by atoms with van der Waals surface area (Å²) >= 11 is 1.19. The minimum atomic E-state index is -0.394. The van der Waals surface area contributed by atoms with Crippen LogP contribution in [0.1, 0.15) is 26.7 Å². The first-order valence-corrected chi connectivity index (χ1v) is 9.70. The molecule has 1 aliphatic heterocycles. The third kappa shape index (κ3) is 4.11. The zero-order valence-electron chi connectivity index (χ0n) is 14.4. The van der Waals surface area contributed by atoms with Crippen LogP contribution < -0.4 is 5.32 Å². The Kier molecular flexibility index (Phi) is 5.47. The van der Waals surface area contributed by atoms with Crippen molar-refractivity contribution in [2.45, 2.75) is 31.4 Å². The van der Waals surface area contributed by atoms with Gasteiger partial charge in [0.05, 0.1) is 0 Å². The van der Waals surface area contributed by atoms with Crippen LogP contribution in [0.15, 0.2) is 42.5 Å². The van der Waals surface area contributed by atoms with Gasteiger partial charge in [0.1, 0.15) is 5.75 Å². The van der Waals surface area contributed by atoms with E-state index in [9.17, 15) is 4.79 Å². The summed E-state index contributed by atoms with van der Waals surface area (Å²) < 4.78 is 5.02. The number of anilines is 1. The van der Waals surface area contributed by atoms with Gasteiger partial charge in [0.25, 0.3) is 5.91 Å². The number of fused-ring (bicyclic) bond motifs is 1. The lowest BCUT2D eigenvalue weighted by Gasteiger charge is -2.22. The van der Waals surface area contributed by atoms with Gasteiger partial charge in [-0.15, -0.1) is 0 Å². The van der Waals surface area contributed by atoms with E-state index < -0.39 is 4.75 Å². The first kappa shape index (κ1) is 17.3. The molecular formula is C20H26NO2S+. The lowest BCUT2D eigenvalue weighted by molar-refractivity contribution is -0.117. The lowest BCUT2D eigenvalue weighted by atomic mass is 10.0. The van der Waals surface area contributed by atoms with Crippen molar-refractivity contribution >= 4 is 34.1 Å². The number of amides is 1. The summed E-state index contributed by atoms with van der Waals surface area (Å²) in [4.78, 5) is 12.8. The van der Waals surface area contributed by atoms with Crippen molar-refractivity contribution in [3.63, 3.8) is 0 Å². The summed E-state index contributed by atoms with van der Waals surface area (Å²) in [5, 5.41) is 5.38. The Balaban J connectivity index is 1.66. The van der Waals surface area contributed by atoms with Crippen LogP contribution in [0.5, 0.6) is 0 Å². The van der Waals surface area contributed by atoms with Crippen LogP contribution in [0.2, 0.25) is 0 Å². The summed E-state index contributed by atoms with van der Waals surface area (Å²) in [5.74, 6) is 1.84. The topological polar surface area (TPSA) is 38.3 Å². The number of carbonyl (C=O) groups is 1. The molecule has 3 rings (SSSR count). The lowest BCUT2D eigenvalue weighted by Crippen LogP contribution is -2.40. The third-order valence-corrected chi connectivity index (χ3v) is 6.37. The Morgan fingerprint density at radius 1 is 1.17 bits per heavy atom. The highest BCUT2D eigenvalue weighted by Gasteiger charge is 2.37. The Morgan fingerprint density at radius 3 is 2.67 bits per heavy atom. The predicted molar refractivity (Wildman–Crippen MR) is 104 cm³/mol. The first-order chi connectivity index (χ1) is 11.6. The van der Waals surface area contributed by atoms with Crippen molar-refractivity contribution in [2.24, 2.45) is 5.92 Å². The van der Waals surface area contributed by atoms with E-state index in [1.165, 1.54) is 11.8 Å². The van der Waals surface area contributed by atoms with Crippen LogP contribution in [0, 0.1) is 5.92 Å². The molecule has 0 aromatic heterocycles. The van der Waals surface area contributed by atoms with E-state index in [2.05, 4.69) is 23.5 Å². The number of ether oxygens (including phenoxy) is 1. The van der Waals surface area contributed by atoms with Crippen molar-refractivity contribution in [1.82, 2.24) is 0 Å². The largest absolute Gasteiger partial charge is 0.381 e. The number of thiol groups is 1. The molecule has 24 heavy (non-hydrogen) atoms. The molecule has 0 bridgehead atoms. The normalized spacial score (nSPS) is 16.2. The van der Waals surface area contributed by atoms with E-state index in [1.807, 2.05) is 38.1 Å². The molecule has 0 atom stereocenters. The number of benzene rings is 2. The first-order valence-electron chi connectivity index (χ1n) is 8.62. The fourth-order valence-corrected chi connectivity index (χ4v) is 4.25. The number of nitrogens with one attached hydrogen (secondary N) is 1. The molecule has 3 nitrogen and oxygen atoms in total. The fraction of sp³-hybridized carbons (Fsp3) is 0.450. The van der Waals surface area contributed by atoms with E-state index in [0.29, 0.717) is 5.92 Å². The van der Waals surface area contributed by atoms with Crippen molar-refractivity contribution in [3.8, 4) is 0 Å². The van der Waals surface area contributed by atoms with Gasteiger partial charge in [-0.2, -0.15) is 0 Å². The van der Waals surface area contributed by atoms with Crippen molar-refractivity contribution < 1.29 is 9.53 Å². The number of carbonyl (C=O) groups excluding carboxylic acids is 1. The molecule has 0 unspecified atom stereocenters. The molecule has 0 aliphatic carbocycles.